The van der Waals surface area contributed by atoms with Crippen LogP contribution >= 0.6 is 0 Å². The zero-order chi connectivity index (χ0) is 31.1. The van der Waals surface area contributed by atoms with Gasteiger partial charge in [-0.25, -0.2) is 0 Å². The number of hydrogen-bond acceptors (Lipinski definition) is 0. The van der Waals surface area contributed by atoms with Crippen LogP contribution in [0.25, 0.3) is 0 Å². The predicted octanol–water partition coefficient (Wildman–Crippen LogP) is 6.75. The van der Waals surface area contributed by atoms with E-state index in [1.54, 1.807) is 0 Å². The third-order valence-electron chi connectivity index (χ3n) is 9.65. The third kappa shape index (κ3) is 5.30. The van der Waals surface area contributed by atoms with E-state index in [9.17, 15) is 0 Å². The van der Waals surface area contributed by atoms with Crippen molar-refractivity contribution in [3.05, 3.63) is 218 Å². The average Bonchev–Trinajstić information content (AvgIpc) is 3.13. The molecular weight excluding hydrogens is 585 g/mol. The van der Waals surface area contributed by atoms with Crippen LogP contribution in [0.4, 0.5) is 0 Å². The van der Waals surface area contributed by atoms with Gasteiger partial charge in [-0.1, -0.05) is 218 Å². The maximum Gasteiger partial charge on any atom is 0.158 e. The molecule has 0 bridgehead atoms. The molecule has 0 heterocycles. The second-order valence-electron chi connectivity index (χ2n) is 12.0. The van der Waals surface area contributed by atoms with E-state index in [2.05, 4.69) is 218 Å². The lowest BCUT2D eigenvalue weighted by Crippen LogP contribution is -2.70. The van der Waals surface area contributed by atoms with Crippen LogP contribution in [0.5, 0.6) is 0 Å². The van der Waals surface area contributed by atoms with Gasteiger partial charge in [0.05, 0.1) is 0 Å². The molecule has 2 atom stereocenters. The molecule has 6 aromatic carbocycles. The molecule has 7 rings (SSSR count). The Morgan fingerprint density at radius 2 is 0.435 bits per heavy atom. The minimum Gasteiger partial charge on any atom is -0.0830 e. The molecule has 0 N–H and O–H groups in total. The summed E-state index contributed by atoms with van der Waals surface area (Å²) in [5, 5.41) is 8.53. The molecule has 0 spiro atoms. The van der Waals surface area contributed by atoms with Crippen molar-refractivity contribution >= 4 is 47.3 Å². The smallest absolute Gasteiger partial charge is 0.0830 e. The van der Waals surface area contributed by atoms with Gasteiger partial charge in [-0.2, -0.15) is 0 Å². The van der Waals surface area contributed by atoms with Gasteiger partial charge >= 0.3 is 0 Å². The van der Waals surface area contributed by atoms with Crippen molar-refractivity contribution in [1.29, 1.82) is 0 Å². The second-order valence-corrected chi connectivity index (χ2v) is 20.0. The molecule has 0 fully saturated rings. The van der Waals surface area contributed by atoms with Crippen molar-refractivity contribution in [2.24, 2.45) is 0 Å². The SMILES string of the molecule is C1=C\C([Si](c2ccccc2)(c2ccccc2)c2ccccc2)/C=C\C([Si](c2ccccc2)(c2ccccc2)c2ccccc2)\C=C/1. The predicted molar refractivity (Wildman–Crippen MR) is 203 cm³/mol. The molecule has 2 heteroatoms. The van der Waals surface area contributed by atoms with Gasteiger partial charge in [-0.3, -0.25) is 0 Å². The Hall–Kier alpha value is -5.03. The van der Waals surface area contributed by atoms with Crippen LogP contribution < -0.4 is 31.1 Å². The minimum atomic E-state index is -2.60. The molecule has 0 saturated heterocycles. The number of allylic oxidation sites excluding steroid dienone is 6. The van der Waals surface area contributed by atoms with Crippen LogP contribution in [0.1, 0.15) is 0 Å². The fourth-order valence-corrected chi connectivity index (χ4v) is 17.9. The van der Waals surface area contributed by atoms with Gasteiger partial charge in [0, 0.05) is 11.1 Å². The lowest BCUT2D eigenvalue weighted by atomic mass is 10.2. The molecule has 0 aromatic heterocycles. The van der Waals surface area contributed by atoms with Crippen molar-refractivity contribution in [3.63, 3.8) is 0 Å². The summed E-state index contributed by atoms with van der Waals surface area (Å²) in [5.74, 6) is 0. The largest absolute Gasteiger partial charge is 0.158 e. The molecule has 0 nitrogen and oxygen atoms in total. The van der Waals surface area contributed by atoms with Crippen molar-refractivity contribution in [1.82, 2.24) is 0 Å². The summed E-state index contributed by atoms with van der Waals surface area (Å²) in [6.45, 7) is 0. The van der Waals surface area contributed by atoms with Crippen LogP contribution in [0.2, 0.25) is 11.1 Å². The molecular formula is C44H38Si2. The summed E-state index contributed by atoms with van der Waals surface area (Å²) >= 11 is 0. The van der Waals surface area contributed by atoms with E-state index >= 15 is 0 Å². The summed E-state index contributed by atoms with van der Waals surface area (Å²) < 4.78 is 0. The fraction of sp³-hybridized carbons (Fsp3) is 0.0455. The normalized spacial score (nSPS) is 18.5. The van der Waals surface area contributed by atoms with E-state index in [0.29, 0.717) is 0 Å². The first kappa shape index (κ1) is 29.7. The molecule has 2 unspecified atom stereocenters. The Bertz CT molecular complexity index is 1580. The van der Waals surface area contributed by atoms with Gasteiger partial charge in [0.15, 0.2) is 16.1 Å². The monoisotopic (exact) mass is 622 g/mol. The first-order valence-electron chi connectivity index (χ1n) is 16.2. The quantitative estimate of drug-likeness (QED) is 0.100. The molecule has 0 amide bonds. The molecule has 46 heavy (non-hydrogen) atoms. The molecule has 0 radical (unpaired) electrons. The first-order chi connectivity index (χ1) is 22.8. The standard InChI is InChI=1S/C44H38Si2/c1-7-21-37(22-8-1)45(38-23-9-2-10-24-38,39-25-11-3-12-26-39)43-33-19-20-34-44(36-35-43)46(40-27-13-4-14-28-40,41-29-15-5-16-30-41)42-31-17-6-18-32-42/h1-36,43-44H/b33-19-,34-20-,36-35-. The minimum absolute atomic E-state index is 0.196. The zero-order valence-corrected chi connectivity index (χ0v) is 27.9. The Labute approximate surface area is 275 Å². The number of rotatable bonds is 8. The summed E-state index contributed by atoms with van der Waals surface area (Å²) in [4.78, 5) is 0. The molecule has 1 aliphatic rings. The first-order valence-corrected chi connectivity index (χ1v) is 20.4. The molecule has 222 valence electrons. The summed E-state index contributed by atoms with van der Waals surface area (Å²) in [7, 11) is -5.19. The Morgan fingerprint density at radius 1 is 0.239 bits per heavy atom. The zero-order valence-electron chi connectivity index (χ0n) is 25.9. The lowest BCUT2D eigenvalue weighted by molar-refractivity contribution is 1.22. The average molecular weight is 623 g/mol. The topological polar surface area (TPSA) is 0 Å². The van der Waals surface area contributed by atoms with E-state index < -0.39 is 16.1 Å². The van der Waals surface area contributed by atoms with Gasteiger partial charge in [0.25, 0.3) is 0 Å². The molecule has 6 aromatic rings. The van der Waals surface area contributed by atoms with Crippen LogP contribution in [0.3, 0.4) is 0 Å². The van der Waals surface area contributed by atoms with Crippen LogP contribution in [-0.4, -0.2) is 16.1 Å². The van der Waals surface area contributed by atoms with E-state index in [1.165, 1.54) is 31.1 Å². The van der Waals surface area contributed by atoms with E-state index in [-0.39, 0.29) is 11.1 Å². The Kier molecular flexibility index (Phi) is 8.73. The van der Waals surface area contributed by atoms with Gasteiger partial charge in [-0.05, 0) is 31.1 Å². The summed E-state index contributed by atoms with van der Waals surface area (Å²) in [6.07, 6.45) is 14.7. The maximum atomic E-state index is 2.57. The van der Waals surface area contributed by atoms with Gasteiger partial charge in [0.1, 0.15) is 0 Å². The van der Waals surface area contributed by atoms with Crippen molar-refractivity contribution in [3.8, 4) is 0 Å². The molecule has 0 saturated carbocycles. The van der Waals surface area contributed by atoms with Crippen molar-refractivity contribution < 1.29 is 0 Å². The van der Waals surface area contributed by atoms with Crippen LogP contribution in [-0.2, 0) is 0 Å². The fourth-order valence-electron chi connectivity index (χ4n) is 7.67. The van der Waals surface area contributed by atoms with E-state index in [1.807, 2.05) is 0 Å². The maximum absolute atomic E-state index is 2.60. The summed E-state index contributed by atoms with van der Waals surface area (Å²) in [5.41, 5.74) is 0.391. The van der Waals surface area contributed by atoms with Gasteiger partial charge < -0.3 is 0 Å². The van der Waals surface area contributed by atoms with E-state index in [0.717, 1.165) is 0 Å². The highest BCUT2D eigenvalue weighted by Crippen LogP contribution is 2.33. The van der Waals surface area contributed by atoms with Gasteiger partial charge in [0.2, 0.25) is 0 Å². The van der Waals surface area contributed by atoms with E-state index in [4.69, 9.17) is 0 Å². The van der Waals surface area contributed by atoms with Crippen LogP contribution in [0, 0.1) is 0 Å². The summed E-state index contributed by atoms with van der Waals surface area (Å²) in [6, 6.07) is 67.6. The Morgan fingerprint density at radius 3 is 0.630 bits per heavy atom. The highest BCUT2D eigenvalue weighted by atomic mass is 28.3. The third-order valence-corrected chi connectivity index (χ3v) is 19.9. The highest BCUT2D eigenvalue weighted by molar-refractivity contribution is 7.13. The lowest BCUT2D eigenvalue weighted by Gasteiger charge is -2.41. The number of hydrogen-bond donors (Lipinski definition) is 0. The second kappa shape index (κ2) is 13.5. The van der Waals surface area contributed by atoms with Crippen LogP contribution in [0.15, 0.2) is 218 Å². The Balaban J connectivity index is 1.49. The molecule has 0 aliphatic heterocycles. The number of benzene rings is 6. The molecule has 1 aliphatic carbocycles. The van der Waals surface area contributed by atoms with Gasteiger partial charge in [-0.15, -0.1) is 0 Å². The highest BCUT2D eigenvalue weighted by Gasteiger charge is 2.47. The van der Waals surface area contributed by atoms with Crippen molar-refractivity contribution in [2.75, 3.05) is 0 Å². The van der Waals surface area contributed by atoms with Crippen molar-refractivity contribution in [2.45, 2.75) is 11.1 Å².